The first-order valence-electron chi connectivity index (χ1n) is 15.2. The maximum absolute atomic E-state index is 14.6. The minimum atomic E-state index is -3.45. The summed E-state index contributed by atoms with van der Waals surface area (Å²) in [6, 6.07) is 12.0. The number of sulfonamides is 1. The van der Waals surface area contributed by atoms with E-state index in [0.717, 1.165) is 48.7 Å². The predicted octanol–water partition coefficient (Wildman–Crippen LogP) is 4.75. The molecule has 1 saturated heterocycles. The van der Waals surface area contributed by atoms with Gasteiger partial charge in [-0.2, -0.15) is 5.10 Å². The molecule has 7 rings (SSSR count). The summed E-state index contributed by atoms with van der Waals surface area (Å²) in [6.07, 6.45) is 10.2. The Hall–Kier alpha value is -5.05. The minimum absolute atomic E-state index is 0.0240. The number of aromatic amines is 2. The van der Waals surface area contributed by atoms with Crippen LogP contribution in [0.15, 0.2) is 67.3 Å². The first-order chi connectivity index (χ1) is 22.7. The van der Waals surface area contributed by atoms with Gasteiger partial charge in [0.2, 0.25) is 15.9 Å². The Morgan fingerprint density at radius 2 is 1.81 bits per heavy atom. The molecule has 1 fully saturated rings. The molecule has 0 bridgehead atoms. The van der Waals surface area contributed by atoms with Crippen LogP contribution >= 0.6 is 0 Å². The van der Waals surface area contributed by atoms with Crippen LogP contribution in [0.3, 0.4) is 0 Å². The lowest BCUT2D eigenvalue weighted by atomic mass is 9.94. The van der Waals surface area contributed by atoms with Crippen molar-refractivity contribution in [2.45, 2.75) is 25.8 Å². The molecule has 5 N–H and O–H groups in total. The van der Waals surface area contributed by atoms with Crippen LogP contribution in [0.4, 0.5) is 10.1 Å². The number of benzene rings is 1. The minimum Gasteiger partial charge on any atom is -0.352 e. The number of hydrogen-bond acceptors (Lipinski definition) is 8. The van der Waals surface area contributed by atoms with Gasteiger partial charge in [-0.1, -0.05) is 0 Å². The lowest BCUT2D eigenvalue weighted by molar-refractivity contribution is -0.117. The Labute approximate surface area is 269 Å². The molecule has 12 nitrogen and oxygen atoms in total. The van der Waals surface area contributed by atoms with Crippen LogP contribution in [0.5, 0.6) is 0 Å². The van der Waals surface area contributed by atoms with E-state index >= 15 is 0 Å². The molecule has 1 aliphatic rings. The van der Waals surface area contributed by atoms with E-state index < -0.39 is 15.8 Å². The van der Waals surface area contributed by atoms with Crippen LogP contribution in [-0.2, 0) is 21.4 Å². The number of carbonyl (C=O) groups excluding carboxylic acids is 1. The van der Waals surface area contributed by atoms with Crippen molar-refractivity contribution in [3.63, 3.8) is 0 Å². The Morgan fingerprint density at radius 1 is 0.979 bits per heavy atom. The van der Waals surface area contributed by atoms with Crippen LogP contribution in [0.25, 0.3) is 55.7 Å². The summed E-state index contributed by atoms with van der Waals surface area (Å²) in [6.45, 7) is 1.84. The normalized spacial score (nSPS) is 14.2. The number of fused-ring (bicyclic) bond motifs is 2. The number of anilines is 1. The van der Waals surface area contributed by atoms with Crippen LogP contribution in [0, 0.1) is 11.7 Å². The van der Waals surface area contributed by atoms with Gasteiger partial charge in [-0.3, -0.25) is 19.9 Å². The summed E-state index contributed by atoms with van der Waals surface area (Å²) >= 11 is 0. The number of H-pyrrole nitrogens is 2. The van der Waals surface area contributed by atoms with Gasteiger partial charge in [-0.05, 0) is 85.4 Å². The second-order valence-corrected chi connectivity index (χ2v) is 13.7. The van der Waals surface area contributed by atoms with Gasteiger partial charge in [-0.25, -0.2) is 22.5 Å². The Kier molecular flexibility index (Phi) is 8.22. The zero-order chi connectivity index (χ0) is 32.5. The van der Waals surface area contributed by atoms with E-state index in [1.807, 2.05) is 24.3 Å². The van der Waals surface area contributed by atoms with E-state index in [9.17, 15) is 17.6 Å². The van der Waals surface area contributed by atoms with Crippen molar-refractivity contribution in [2.75, 3.05) is 24.7 Å². The van der Waals surface area contributed by atoms with Gasteiger partial charge >= 0.3 is 0 Å². The number of halogens is 1. The third kappa shape index (κ3) is 6.89. The molecule has 14 heteroatoms. The monoisotopic (exact) mass is 653 g/mol. The van der Waals surface area contributed by atoms with Crippen LogP contribution in [0.2, 0.25) is 0 Å². The molecule has 0 spiro atoms. The number of nitrogens with zero attached hydrogens (tertiary/aromatic N) is 4. The fourth-order valence-electron chi connectivity index (χ4n) is 5.99. The van der Waals surface area contributed by atoms with E-state index in [2.05, 4.69) is 40.5 Å². The number of amides is 1. The van der Waals surface area contributed by atoms with Crippen LogP contribution in [-0.4, -0.2) is 63.8 Å². The highest BCUT2D eigenvalue weighted by molar-refractivity contribution is 7.88. The molecule has 240 valence electrons. The molecule has 0 atom stereocenters. The van der Waals surface area contributed by atoms with Crippen molar-refractivity contribution in [1.29, 1.82) is 0 Å². The lowest BCUT2D eigenvalue weighted by Gasteiger charge is -2.21. The highest BCUT2D eigenvalue weighted by Gasteiger charge is 2.19. The predicted molar refractivity (Wildman–Crippen MR) is 178 cm³/mol. The number of piperidine rings is 1. The molecule has 6 heterocycles. The van der Waals surface area contributed by atoms with Gasteiger partial charge in [0.05, 0.1) is 46.8 Å². The number of rotatable bonds is 9. The lowest BCUT2D eigenvalue weighted by Crippen LogP contribution is -2.30. The van der Waals surface area contributed by atoms with Crippen LogP contribution in [0.1, 0.15) is 24.8 Å². The maximum Gasteiger partial charge on any atom is 0.224 e. The van der Waals surface area contributed by atoms with Crippen LogP contribution < -0.4 is 15.4 Å². The summed E-state index contributed by atoms with van der Waals surface area (Å²) in [5.74, 6) is -0.136. The van der Waals surface area contributed by atoms with Crippen molar-refractivity contribution in [2.24, 2.45) is 5.92 Å². The number of carbonyl (C=O) groups is 1. The van der Waals surface area contributed by atoms with Crippen molar-refractivity contribution in [3.05, 3.63) is 78.6 Å². The second kappa shape index (κ2) is 12.6. The third-order valence-electron chi connectivity index (χ3n) is 8.27. The fraction of sp³-hybridized carbons (Fsp3) is 0.242. The SMILES string of the molecule is CS(=O)(=O)NCc1cc(F)cc(-c2cncc3[nH]c(-c4n[nH]c5ccc(-c6cncc(NC(=O)CC7CCNCC7)c6)nc45)cc23)c1. The topological polar surface area (TPSA) is 170 Å². The molecule has 6 aromatic rings. The highest BCUT2D eigenvalue weighted by Crippen LogP contribution is 2.34. The van der Waals surface area contributed by atoms with E-state index in [1.165, 1.54) is 12.1 Å². The molecule has 0 radical (unpaired) electrons. The molecule has 47 heavy (non-hydrogen) atoms. The molecular formula is C33H32FN9O3S. The summed E-state index contributed by atoms with van der Waals surface area (Å²) in [5.41, 5.74) is 7.05. The fourth-order valence-corrected chi connectivity index (χ4v) is 6.42. The van der Waals surface area contributed by atoms with Gasteiger partial charge in [0.25, 0.3) is 0 Å². The number of pyridine rings is 3. The van der Waals surface area contributed by atoms with Gasteiger partial charge in [0.1, 0.15) is 17.0 Å². The number of aromatic nitrogens is 6. The van der Waals surface area contributed by atoms with E-state index in [4.69, 9.17) is 4.98 Å². The van der Waals surface area contributed by atoms with Gasteiger partial charge in [0.15, 0.2) is 0 Å². The highest BCUT2D eigenvalue weighted by atomic mass is 32.2. The second-order valence-electron chi connectivity index (χ2n) is 11.8. The van der Waals surface area contributed by atoms with Crippen molar-refractivity contribution in [3.8, 4) is 33.8 Å². The van der Waals surface area contributed by atoms with E-state index in [0.29, 0.717) is 62.8 Å². The molecule has 0 saturated carbocycles. The first kappa shape index (κ1) is 30.6. The molecule has 5 aromatic heterocycles. The van der Waals surface area contributed by atoms with Gasteiger partial charge in [0, 0.05) is 41.9 Å². The van der Waals surface area contributed by atoms with Gasteiger partial charge in [-0.15, -0.1) is 0 Å². The first-order valence-corrected chi connectivity index (χ1v) is 17.1. The molecular weight excluding hydrogens is 621 g/mol. The zero-order valence-corrected chi connectivity index (χ0v) is 26.3. The van der Waals surface area contributed by atoms with E-state index in [-0.39, 0.29) is 12.5 Å². The standard InChI is InChI=1S/C33H32FN9O3S/c1-47(45,46)38-14-20-8-21(11-23(34)9-20)26-17-37-18-30-25(26)13-29(40-30)33-32-28(42-43-33)3-2-27(41-32)22-12-24(16-36-15-22)39-31(44)10-19-4-6-35-7-5-19/h2-3,8-9,11-13,15-19,35,38,40H,4-7,10,14H2,1H3,(H,39,44)(H,42,43). The molecule has 1 amide bonds. The Morgan fingerprint density at radius 3 is 2.64 bits per heavy atom. The summed E-state index contributed by atoms with van der Waals surface area (Å²) in [5, 5.41) is 14.7. The zero-order valence-electron chi connectivity index (χ0n) is 25.5. The number of nitrogens with one attached hydrogen (secondary N) is 5. The largest absolute Gasteiger partial charge is 0.352 e. The smallest absolute Gasteiger partial charge is 0.224 e. The average molecular weight is 654 g/mol. The molecule has 0 unspecified atom stereocenters. The molecule has 1 aliphatic heterocycles. The average Bonchev–Trinajstić information content (AvgIpc) is 3.68. The Bertz CT molecular complexity index is 2230. The Balaban J connectivity index is 1.18. The van der Waals surface area contributed by atoms with Crippen molar-refractivity contribution in [1.82, 2.24) is 40.2 Å². The third-order valence-corrected chi connectivity index (χ3v) is 8.93. The molecule has 0 aliphatic carbocycles. The van der Waals surface area contributed by atoms with Crippen molar-refractivity contribution < 1.29 is 17.6 Å². The number of hydrogen-bond donors (Lipinski definition) is 5. The van der Waals surface area contributed by atoms with Crippen molar-refractivity contribution >= 4 is 43.6 Å². The summed E-state index contributed by atoms with van der Waals surface area (Å²) in [7, 11) is -3.45. The maximum atomic E-state index is 14.6. The summed E-state index contributed by atoms with van der Waals surface area (Å²) in [4.78, 5) is 29.7. The van der Waals surface area contributed by atoms with Gasteiger partial charge < -0.3 is 15.6 Å². The quantitative estimate of drug-likeness (QED) is 0.149. The van der Waals surface area contributed by atoms with E-state index in [1.54, 1.807) is 30.9 Å². The molecule has 1 aromatic carbocycles. The summed E-state index contributed by atoms with van der Waals surface area (Å²) < 4.78 is 40.2.